The Hall–Kier alpha value is -2.51. The molecule has 0 radical (unpaired) electrons. The molecule has 3 amide bonds. The number of carbonyl (C=O) groups is 3. The number of nitrogens with one attached hydrogen (secondary N) is 2. The second-order valence-corrected chi connectivity index (χ2v) is 8.11. The van der Waals surface area contributed by atoms with E-state index in [-0.39, 0.29) is 29.2 Å². The standard InChI is InChI=1S/C22H29F2N3O3/c23-17-6-7-18(19(24)14-17)22(30)27-12-8-16(9-13-27)21(29)26-11-10-25-20(28)15-4-2-1-3-5-15/h6-7,14-16H,1-5,8-13H2,(H,25,28)(H,26,29). The fourth-order valence-electron chi connectivity index (χ4n) is 4.20. The lowest BCUT2D eigenvalue weighted by molar-refractivity contribution is -0.127. The Kier molecular flexibility index (Phi) is 7.76. The van der Waals surface area contributed by atoms with Crippen LogP contribution in [0.4, 0.5) is 8.78 Å². The summed E-state index contributed by atoms with van der Waals surface area (Å²) in [5.74, 6) is -2.24. The van der Waals surface area contributed by atoms with Crippen molar-refractivity contribution in [2.45, 2.75) is 44.9 Å². The molecule has 8 heteroatoms. The summed E-state index contributed by atoms with van der Waals surface area (Å²) in [6, 6.07) is 2.90. The molecule has 1 aliphatic heterocycles. The van der Waals surface area contributed by atoms with Crippen molar-refractivity contribution in [1.29, 1.82) is 0 Å². The molecule has 1 aromatic carbocycles. The fraction of sp³-hybridized carbons (Fsp3) is 0.591. The molecular formula is C22H29F2N3O3. The third kappa shape index (κ3) is 5.77. The average molecular weight is 421 g/mol. The lowest BCUT2D eigenvalue weighted by atomic mass is 9.89. The lowest BCUT2D eigenvalue weighted by Crippen LogP contribution is -2.44. The van der Waals surface area contributed by atoms with Crippen molar-refractivity contribution in [2.75, 3.05) is 26.2 Å². The van der Waals surface area contributed by atoms with Crippen LogP contribution in [0.2, 0.25) is 0 Å². The van der Waals surface area contributed by atoms with E-state index in [0.29, 0.717) is 45.1 Å². The number of nitrogens with zero attached hydrogens (tertiary/aromatic N) is 1. The third-order valence-corrected chi connectivity index (χ3v) is 6.01. The average Bonchev–Trinajstić information content (AvgIpc) is 2.76. The number of rotatable bonds is 6. The SMILES string of the molecule is O=C(NCCNC(=O)C1CCN(C(=O)c2ccc(F)cc2F)CC1)C1CCCCC1. The van der Waals surface area contributed by atoms with Crippen molar-refractivity contribution < 1.29 is 23.2 Å². The highest BCUT2D eigenvalue weighted by molar-refractivity contribution is 5.94. The van der Waals surface area contributed by atoms with E-state index in [1.165, 1.54) is 11.3 Å². The van der Waals surface area contributed by atoms with E-state index in [2.05, 4.69) is 10.6 Å². The molecule has 1 heterocycles. The predicted molar refractivity (Wildman–Crippen MR) is 108 cm³/mol. The first kappa shape index (κ1) is 22.2. The van der Waals surface area contributed by atoms with Gasteiger partial charge in [-0.2, -0.15) is 0 Å². The second-order valence-electron chi connectivity index (χ2n) is 8.11. The minimum Gasteiger partial charge on any atom is -0.354 e. The highest BCUT2D eigenvalue weighted by Gasteiger charge is 2.29. The van der Waals surface area contributed by atoms with E-state index in [1.54, 1.807) is 0 Å². The number of amides is 3. The van der Waals surface area contributed by atoms with Crippen LogP contribution in [0.15, 0.2) is 18.2 Å². The van der Waals surface area contributed by atoms with Gasteiger partial charge in [0.05, 0.1) is 5.56 Å². The molecule has 164 valence electrons. The van der Waals surface area contributed by atoms with Crippen LogP contribution >= 0.6 is 0 Å². The van der Waals surface area contributed by atoms with Crippen molar-refractivity contribution in [3.63, 3.8) is 0 Å². The van der Waals surface area contributed by atoms with Gasteiger partial charge < -0.3 is 15.5 Å². The summed E-state index contributed by atoms with van der Waals surface area (Å²) in [5.41, 5.74) is -0.159. The van der Waals surface area contributed by atoms with E-state index < -0.39 is 17.5 Å². The molecule has 1 aliphatic carbocycles. The summed E-state index contributed by atoms with van der Waals surface area (Å²) < 4.78 is 26.9. The molecule has 0 atom stereocenters. The number of benzene rings is 1. The second kappa shape index (κ2) is 10.5. The normalized spacial score (nSPS) is 18.1. The minimum absolute atomic E-state index is 0.0730. The monoisotopic (exact) mass is 421 g/mol. The smallest absolute Gasteiger partial charge is 0.256 e. The molecule has 1 saturated carbocycles. The fourth-order valence-corrected chi connectivity index (χ4v) is 4.20. The number of piperidine rings is 1. The van der Waals surface area contributed by atoms with Gasteiger partial charge in [-0.25, -0.2) is 8.78 Å². The van der Waals surface area contributed by atoms with Crippen LogP contribution in [-0.2, 0) is 9.59 Å². The summed E-state index contributed by atoms with van der Waals surface area (Å²) >= 11 is 0. The van der Waals surface area contributed by atoms with Crippen molar-refractivity contribution in [3.05, 3.63) is 35.4 Å². The number of hydrogen-bond donors (Lipinski definition) is 2. The van der Waals surface area contributed by atoms with Gasteiger partial charge in [-0.05, 0) is 37.8 Å². The van der Waals surface area contributed by atoms with Crippen molar-refractivity contribution >= 4 is 17.7 Å². The Balaban J connectivity index is 1.36. The quantitative estimate of drug-likeness (QED) is 0.693. The van der Waals surface area contributed by atoms with Gasteiger partial charge in [0, 0.05) is 44.1 Å². The van der Waals surface area contributed by atoms with Gasteiger partial charge >= 0.3 is 0 Å². The van der Waals surface area contributed by atoms with Gasteiger partial charge in [0.25, 0.3) is 5.91 Å². The Labute approximate surface area is 175 Å². The Bertz CT molecular complexity index is 773. The largest absolute Gasteiger partial charge is 0.354 e. The van der Waals surface area contributed by atoms with Crippen molar-refractivity contribution in [1.82, 2.24) is 15.5 Å². The molecule has 1 aromatic rings. The molecule has 0 bridgehead atoms. The van der Waals surface area contributed by atoms with Crippen LogP contribution in [0.5, 0.6) is 0 Å². The molecule has 0 spiro atoms. The Morgan fingerprint density at radius 2 is 1.43 bits per heavy atom. The zero-order chi connectivity index (χ0) is 21.5. The van der Waals surface area contributed by atoms with Crippen molar-refractivity contribution in [2.24, 2.45) is 11.8 Å². The number of halogens is 2. The molecular weight excluding hydrogens is 392 g/mol. The van der Waals surface area contributed by atoms with E-state index in [4.69, 9.17) is 0 Å². The molecule has 3 rings (SSSR count). The summed E-state index contributed by atoms with van der Waals surface area (Å²) in [6.45, 7) is 1.46. The van der Waals surface area contributed by atoms with Crippen LogP contribution in [0.3, 0.4) is 0 Å². The molecule has 30 heavy (non-hydrogen) atoms. The lowest BCUT2D eigenvalue weighted by Gasteiger charge is -2.31. The maximum Gasteiger partial charge on any atom is 0.256 e. The first-order valence-corrected chi connectivity index (χ1v) is 10.8. The molecule has 1 saturated heterocycles. The molecule has 2 aliphatic rings. The molecule has 0 unspecified atom stereocenters. The highest BCUT2D eigenvalue weighted by Crippen LogP contribution is 2.23. The maximum absolute atomic E-state index is 13.8. The number of hydrogen-bond acceptors (Lipinski definition) is 3. The van der Waals surface area contributed by atoms with Crippen LogP contribution < -0.4 is 10.6 Å². The van der Waals surface area contributed by atoms with Gasteiger partial charge in [-0.1, -0.05) is 19.3 Å². The molecule has 6 nitrogen and oxygen atoms in total. The van der Waals surface area contributed by atoms with Crippen molar-refractivity contribution in [3.8, 4) is 0 Å². The minimum atomic E-state index is -0.879. The number of carbonyl (C=O) groups excluding carboxylic acids is 3. The zero-order valence-corrected chi connectivity index (χ0v) is 17.1. The third-order valence-electron chi connectivity index (χ3n) is 6.01. The molecule has 0 aromatic heterocycles. The maximum atomic E-state index is 13.8. The summed E-state index contributed by atoms with van der Waals surface area (Å²) in [5, 5.41) is 5.73. The van der Waals surface area contributed by atoms with Gasteiger partial charge in [0.2, 0.25) is 11.8 Å². The van der Waals surface area contributed by atoms with Crippen LogP contribution in [0.25, 0.3) is 0 Å². The van der Waals surface area contributed by atoms with Gasteiger partial charge in [-0.15, -0.1) is 0 Å². The van der Waals surface area contributed by atoms with E-state index in [0.717, 1.165) is 37.8 Å². The zero-order valence-electron chi connectivity index (χ0n) is 17.1. The number of likely N-dealkylation sites (tertiary alicyclic amines) is 1. The Morgan fingerprint density at radius 3 is 2.00 bits per heavy atom. The summed E-state index contributed by atoms with van der Waals surface area (Å²) in [4.78, 5) is 38.4. The van der Waals surface area contributed by atoms with Gasteiger partial charge in [0.1, 0.15) is 11.6 Å². The van der Waals surface area contributed by atoms with E-state index in [9.17, 15) is 23.2 Å². The molecule has 2 N–H and O–H groups in total. The first-order valence-electron chi connectivity index (χ1n) is 10.8. The van der Waals surface area contributed by atoms with E-state index >= 15 is 0 Å². The topological polar surface area (TPSA) is 78.5 Å². The van der Waals surface area contributed by atoms with E-state index in [1.807, 2.05) is 0 Å². The highest BCUT2D eigenvalue weighted by atomic mass is 19.1. The predicted octanol–water partition coefficient (Wildman–Crippen LogP) is 2.63. The summed E-state index contributed by atoms with van der Waals surface area (Å²) in [7, 11) is 0. The van der Waals surface area contributed by atoms with Crippen LogP contribution in [0.1, 0.15) is 55.3 Å². The first-order chi connectivity index (χ1) is 14.5. The Morgan fingerprint density at radius 1 is 0.867 bits per heavy atom. The molecule has 2 fully saturated rings. The van der Waals surface area contributed by atoms with Crippen LogP contribution in [0, 0.1) is 23.5 Å². The summed E-state index contributed by atoms with van der Waals surface area (Å²) in [6.07, 6.45) is 6.25. The van der Waals surface area contributed by atoms with Gasteiger partial charge in [-0.3, -0.25) is 14.4 Å². The van der Waals surface area contributed by atoms with Crippen LogP contribution in [-0.4, -0.2) is 48.8 Å². The van der Waals surface area contributed by atoms with Gasteiger partial charge in [0.15, 0.2) is 0 Å².